The zero-order valence-electron chi connectivity index (χ0n) is 8.96. The summed E-state index contributed by atoms with van der Waals surface area (Å²) in [4.78, 5) is 0. The van der Waals surface area contributed by atoms with Gasteiger partial charge in [0.1, 0.15) is 5.82 Å². The summed E-state index contributed by atoms with van der Waals surface area (Å²) >= 11 is 0. The number of nitrogens with one attached hydrogen (secondary N) is 1. The lowest BCUT2D eigenvalue weighted by molar-refractivity contribution is 0.174. The van der Waals surface area contributed by atoms with E-state index in [1.54, 1.807) is 6.07 Å². The highest BCUT2D eigenvalue weighted by atomic mass is 19.1. The highest BCUT2D eigenvalue weighted by Gasteiger charge is 2.23. The molecule has 1 unspecified atom stereocenters. The minimum absolute atomic E-state index is 0.182. The van der Waals surface area contributed by atoms with Crippen LogP contribution in [-0.2, 0) is 0 Å². The van der Waals surface area contributed by atoms with E-state index in [1.165, 1.54) is 6.07 Å². The molecule has 86 valence electrons. The van der Waals surface area contributed by atoms with E-state index >= 15 is 0 Å². The highest BCUT2D eigenvalue weighted by molar-refractivity contribution is 5.46. The second-order valence-electron chi connectivity index (χ2n) is 4.27. The van der Waals surface area contributed by atoms with Crippen LogP contribution in [0.2, 0.25) is 0 Å². The first-order valence-corrected chi connectivity index (χ1v) is 5.64. The van der Waals surface area contributed by atoms with Crippen molar-refractivity contribution in [2.75, 3.05) is 19.9 Å². The topological polar surface area (TPSA) is 30.5 Å². The van der Waals surface area contributed by atoms with Crippen LogP contribution < -0.4 is 14.8 Å². The van der Waals surface area contributed by atoms with Gasteiger partial charge in [-0.25, -0.2) is 4.39 Å². The lowest BCUT2D eigenvalue weighted by Crippen LogP contribution is -2.28. The second kappa shape index (κ2) is 3.94. The summed E-state index contributed by atoms with van der Waals surface area (Å²) in [6.07, 6.45) is 2.13. The molecule has 1 atom stereocenters. The van der Waals surface area contributed by atoms with Gasteiger partial charge in [-0.2, -0.15) is 0 Å². The summed E-state index contributed by atoms with van der Waals surface area (Å²) in [5, 5.41) is 3.29. The Balaban J connectivity index is 1.94. The molecule has 1 N–H and O–H groups in total. The van der Waals surface area contributed by atoms with Crippen molar-refractivity contribution in [1.82, 2.24) is 5.32 Å². The van der Waals surface area contributed by atoms with E-state index in [-0.39, 0.29) is 18.5 Å². The Morgan fingerprint density at radius 1 is 1.25 bits per heavy atom. The third kappa shape index (κ3) is 1.63. The van der Waals surface area contributed by atoms with Gasteiger partial charge < -0.3 is 14.8 Å². The monoisotopic (exact) mass is 223 g/mol. The minimum Gasteiger partial charge on any atom is -0.454 e. The van der Waals surface area contributed by atoms with Gasteiger partial charge >= 0.3 is 0 Å². The van der Waals surface area contributed by atoms with E-state index in [9.17, 15) is 4.39 Å². The van der Waals surface area contributed by atoms with E-state index in [1.807, 2.05) is 0 Å². The zero-order chi connectivity index (χ0) is 11.0. The maximum Gasteiger partial charge on any atom is 0.231 e. The van der Waals surface area contributed by atoms with Crippen LogP contribution >= 0.6 is 0 Å². The van der Waals surface area contributed by atoms with Crippen molar-refractivity contribution in [2.24, 2.45) is 0 Å². The Morgan fingerprint density at radius 3 is 2.81 bits per heavy atom. The maximum atomic E-state index is 13.9. The Labute approximate surface area is 93.6 Å². The molecule has 1 fully saturated rings. The third-order valence-corrected chi connectivity index (χ3v) is 3.23. The SMILES string of the molecule is Fc1cc2c(cc1C1CCCNC1)OCO2. The van der Waals surface area contributed by atoms with Gasteiger partial charge in [-0.05, 0) is 36.9 Å². The van der Waals surface area contributed by atoms with Crippen LogP contribution in [0.1, 0.15) is 24.3 Å². The molecule has 0 aliphatic carbocycles. The first-order valence-electron chi connectivity index (χ1n) is 5.64. The van der Waals surface area contributed by atoms with Gasteiger partial charge in [-0.1, -0.05) is 0 Å². The average Bonchev–Trinajstić information content (AvgIpc) is 2.76. The molecule has 1 saturated heterocycles. The molecule has 2 aliphatic heterocycles. The molecule has 16 heavy (non-hydrogen) atoms. The fourth-order valence-corrected chi connectivity index (χ4v) is 2.36. The number of ether oxygens (including phenoxy) is 2. The molecule has 0 radical (unpaired) electrons. The highest BCUT2D eigenvalue weighted by Crippen LogP contribution is 2.37. The third-order valence-electron chi connectivity index (χ3n) is 3.23. The fourth-order valence-electron chi connectivity index (χ4n) is 2.36. The van der Waals surface area contributed by atoms with Gasteiger partial charge in [-0.15, -0.1) is 0 Å². The Hall–Kier alpha value is -1.29. The maximum absolute atomic E-state index is 13.9. The molecule has 0 saturated carbocycles. The molecule has 3 nitrogen and oxygen atoms in total. The predicted molar refractivity (Wildman–Crippen MR) is 57.4 cm³/mol. The summed E-state index contributed by atoms with van der Waals surface area (Å²) < 4.78 is 24.3. The molecular formula is C12H14FNO2. The Kier molecular flexibility index (Phi) is 2.44. The average molecular weight is 223 g/mol. The molecule has 1 aromatic carbocycles. The molecule has 3 rings (SSSR count). The molecule has 0 bridgehead atoms. The quantitative estimate of drug-likeness (QED) is 0.790. The van der Waals surface area contributed by atoms with Crippen molar-refractivity contribution in [3.8, 4) is 11.5 Å². The predicted octanol–water partition coefficient (Wildman–Crippen LogP) is 2.02. The first-order chi connectivity index (χ1) is 7.84. The van der Waals surface area contributed by atoms with Crippen molar-refractivity contribution in [1.29, 1.82) is 0 Å². The van der Waals surface area contributed by atoms with Gasteiger partial charge in [0, 0.05) is 12.6 Å². The molecule has 1 aromatic rings. The van der Waals surface area contributed by atoms with Crippen LogP contribution in [0.5, 0.6) is 11.5 Å². The lowest BCUT2D eigenvalue weighted by Gasteiger charge is -2.23. The Bertz CT molecular complexity index is 402. The number of halogens is 1. The number of benzene rings is 1. The second-order valence-corrected chi connectivity index (χ2v) is 4.27. The van der Waals surface area contributed by atoms with E-state index < -0.39 is 0 Å². The number of hydrogen-bond donors (Lipinski definition) is 1. The van der Waals surface area contributed by atoms with E-state index in [2.05, 4.69) is 5.32 Å². The molecular weight excluding hydrogens is 209 g/mol. The van der Waals surface area contributed by atoms with Crippen LogP contribution in [0.25, 0.3) is 0 Å². The summed E-state index contributed by atoms with van der Waals surface area (Å²) in [5.41, 5.74) is 0.747. The van der Waals surface area contributed by atoms with Crippen molar-refractivity contribution in [2.45, 2.75) is 18.8 Å². The lowest BCUT2D eigenvalue weighted by atomic mass is 9.91. The van der Waals surface area contributed by atoms with Gasteiger partial charge in [-0.3, -0.25) is 0 Å². The van der Waals surface area contributed by atoms with Crippen LogP contribution in [0.15, 0.2) is 12.1 Å². The summed E-state index contributed by atoms with van der Waals surface area (Å²) in [6, 6.07) is 3.22. The zero-order valence-corrected chi connectivity index (χ0v) is 8.96. The van der Waals surface area contributed by atoms with Crippen LogP contribution in [0, 0.1) is 5.82 Å². The Morgan fingerprint density at radius 2 is 2.06 bits per heavy atom. The number of fused-ring (bicyclic) bond motifs is 1. The standard InChI is InChI=1S/C12H14FNO2/c13-10-5-12-11(15-7-16-12)4-9(10)8-2-1-3-14-6-8/h4-5,8,14H,1-3,6-7H2. The smallest absolute Gasteiger partial charge is 0.231 e. The van der Waals surface area contributed by atoms with Gasteiger partial charge in [0.25, 0.3) is 0 Å². The van der Waals surface area contributed by atoms with Crippen LogP contribution in [-0.4, -0.2) is 19.9 Å². The number of rotatable bonds is 1. The van der Waals surface area contributed by atoms with Crippen LogP contribution in [0.4, 0.5) is 4.39 Å². The normalized spacial score (nSPS) is 23.4. The van der Waals surface area contributed by atoms with E-state index in [0.717, 1.165) is 31.5 Å². The van der Waals surface area contributed by atoms with Gasteiger partial charge in [0.05, 0.1) is 0 Å². The first kappa shape index (κ1) is 9.90. The largest absolute Gasteiger partial charge is 0.454 e. The molecule has 2 heterocycles. The van der Waals surface area contributed by atoms with Crippen molar-refractivity contribution >= 4 is 0 Å². The van der Waals surface area contributed by atoms with Crippen molar-refractivity contribution in [3.63, 3.8) is 0 Å². The van der Waals surface area contributed by atoms with Gasteiger partial charge in [0.15, 0.2) is 11.5 Å². The molecule has 0 aromatic heterocycles. The number of hydrogen-bond acceptors (Lipinski definition) is 3. The van der Waals surface area contributed by atoms with E-state index in [0.29, 0.717) is 11.5 Å². The molecule has 2 aliphatic rings. The van der Waals surface area contributed by atoms with Crippen molar-refractivity contribution in [3.05, 3.63) is 23.5 Å². The number of piperidine rings is 1. The summed E-state index contributed by atoms with van der Waals surface area (Å²) in [6.45, 7) is 2.07. The molecule has 0 amide bonds. The van der Waals surface area contributed by atoms with Crippen LogP contribution in [0.3, 0.4) is 0 Å². The molecule has 4 heteroatoms. The minimum atomic E-state index is -0.182. The summed E-state index contributed by atoms with van der Waals surface area (Å²) in [7, 11) is 0. The molecule has 0 spiro atoms. The van der Waals surface area contributed by atoms with Gasteiger partial charge in [0.2, 0.25) is 6.79 Å². The van der Waals surface area contributed by atoms with Crippen molar-refractivity contribution < 1.29 is 13.9 Å². The fraction of sp³-hybridized carbons (Fsp3) is 0.500. The van der Waals surface area contributed by atoms with E-state index in [4.69, 9.17) is 9.47 Å². The summed E-state index contributed by atoms with van der Waals surface area (Å²) in [5.74, 6) is 1.26.